The van der Waals surface area contributed by atoms with E-state index in [4.69, 9.17) is 0 Å². The highest BCUT2D eigenvalue weighted by atomic mass is 32.2. The van der Waals surface area contributed by atoms with Crippen LogP contribution in [0.3, 0.4) is 0 Å². The number of ketones is 2. The van der Waals surface area contributed by atoms with Crippen molar-refractivity contribution in [2.24, 2.45) is 5.92 Å². The summed E-state index contributed by atoms with van der Waals surface area (Å²) in [5.74, 6) is -0.542. The minimum atomic E-state index is -0.491. The number of rotatable bonds is 0. The molecule has 0 amide bonds. The van der Waals surface area contributed by atoms with Gasteiger partial charge in [-0.3, -0.25) is 9.59 Å². The van der Waals surface area contributed by atoms with Crippen LogP contribution >= 0.6 is 11.8 Å². The number of benzene rings is 1. The van der Waals surface area contributed by atoms with E-state index in [1.54, 1.807) is 48.3 Å². The summed E-state index contributed by atoms with van der Waals surface area (Å²) in [5, 5.41) is 1.93. The average molecular weight is 280 g/mol. The molecule has 4 rings (SSSR count). The third-order valence-corrected chi connectivity index (χ3v) is 4.62. The van der Waals surface area contributed by atoms with Crippen LogP contribution in [0.25, 0.3) is 0 Å². The van der Waals surface area contributed by atoms with Gasteiger partial charge >= 0.3 is 0 Å². The molecule has 1 atom stereocenters. The summed E-state index contributed by atoms with van der Waals surface area (Å²) in [6.45, 7) is 0. The number of carbonyl (C=O) groups excluding carboxylic acids is 2. The van der Waals surface area contributed by atoms with Gasteiger partial charge in [0.2, 0.25) is 5.71 Å². The van der Waals surface area contributed by atoms with Gasteiger partial charge in [-0.25, -0.2) is 4.99 Å². The molecule has 0 spiro atoms. The van der Waals surface area contributed by atoms with Gasteiger partial charge < -0.3 is 0 Å². The van der Waals surface area contributed by atoms with Gasteiger partial charge in [-0.1, -0.05) is 42.1 Å². The average Bonchev–Trinajstić information content (AvgIpc) is 2.51. The Hall–Kier alpha value is -2.20. The number of thioether (sulfide) groups is 1. The Morgan fingerprint density at radius 1 is 1.05 bits per heavy atom. The molecule has 0 fully saturated rings. The molecule has 20 heavy (non-hydrogen) atoms. The first kappa shape index (κ1) is 11.6. The molecule has 0 saturated heterocycles. The Morgan fingerprint density at radius 3 is 2.70 bits per heavy atom. The second-order valence-corrected chi connectivity index (χ2v) is 5.75. The monoisotopic (exact) mass is 280 g/mol. The molecule has 0 radical (unpaired) electrons. The van der Waals surface area contributed by atoms with Gasteiger partial charge in [0, 0.05) is 22.1 Å². The largest absolute Gasteiger partial charge is 0.293 e. The molecule has 96 valence electrons. The molecule has 1 heterocycles. The van der Waals surface area contributed by atoms with Crippen LogP contribution in [0.4, 0.5) is 0 Å². The molecule has 1 unspecified atom stereocenters. The smallest absolute Gasteiger partial charge is 0.209 e. The van der Waals surface area contributed by atoms with E-state index in [1.165, 1.54) is 0 Å². The molecule has 0 aromatic heterocycles. The van der Waals surface area contributed by atoms with Gasteiger partial charge in [0.1, 0.15) is 5.92 Å². The van der Waals surface area contributed by atoms with Crippen molar-refractivity contribution in [3.05, 3.63) is 69.6 Å². The van der Waals surface area contributed by atoms with E-state index in [9.17, 15) is 9.59 Å². The third kappa shape index (κ3) is 1.45. The molecular formula is C16H10NO2S+. The second-order valence-electron chi connectivity index (χ2n) is 4.80. The van der Waals surface area contributed by atoms with E-state index in [-0.39, 0.29) is 11.6 Å². The minimum Gasteiger partial charge on any atom is -0.293 e. The van der Waals surface area contributed by atoms with E-state index < -0.39 is 5.92 Å². The fraction of sp³-hybridized carbons (Fsp3) is 0.0625. The summed E-state index contributed by atoms with van der Waals surface area (Å²) in [6, 6.07) is 7.04. The highest BCUT2D eigenvalue weighted by Crippen LogP contribution is 2.37. The van der Waals surface area contributed by atoms with Crippen molar-refractivity contribution in [2.45, 2.75) is 0 Å². The van der Waals surface area contributed by atoms with Gasteiger partial charge in [0.15, 0.2) is 17.8 Å². The maximum Gasteiger partial charge on any atom is 0.209 e. The summed E-state index contributed by atoms with van der Waals surface area (Å²) in [5.41, 5.74) is 2.42. The van der Waals surface area contributed by atoms with Crippen molar-refractivity contribution in [1.82, 2.24) is 0 Å². The molecule has 1 aromatic rings. The quantitative estimate of drug-likeness (QED) is 0.778. The van der Waals surface area contributed by atoms with Crippen LogP contribution in [0.1, 0.15) is 20.7 Å². The van der Waals surface area contributed by atoms with Crippen LogP contribution < -0.4 is 4.99 Å². The Labute approximate surface area is 119 Å². The van der Waals surface area contributed by atoms with Crippen LogP contribution in [0, 0.1) is 5.92 Å². The molecule has 3 nitrogen and oxygen atoms in total. The normalized spacial score (nSPS) is 23.2. The van der Waals surface area contributed by atoms with E-state index in [0.29, 0.717) is 16.7 Å². The second kappa shape index (κ2) is 4.15. The molecular weight excluding hydrogens is 270 g/mol. The number of nitrogens with one attached hydrogen (secondary N) is 1. The minimum absolute atomic E-state index is 0.00421. The maximum atomic E-state index is 12.7. The first-order valence-electron chi connectivity index (χ1n) is 6.32. The molecule has 1 N–H and O–H groups in total. The highest BCUT2D eigenvalue weighted by molar-refractivity contribution is 8.06. The van der Waals surface area contributed by atoms with E-state index >= 15 is 0 Å². The molecule has 0 bridgehead atoms. The Balaban J connectivity index is 1.96. The van der Waals surface area contributed by atoms with Crippen molar-refractivity contribution < 1.29 is 14.6 Å². The number of hydrogen-bond donors (Lipinski definition) is 1. The molecule has 1 aromatic carbocycles. The van der Waals surface area contributed by atoms with Gasteiger partial charge in [0.05, 0.1) is 4.91 Å². The van der Waals surface area contributed by atoms with Crippen LogP contribution in [0.5, 0.6) is 0 Å². The lowest BCUT2D eigenvalue weighted by Gasteiger charge is -2.27. The van der Waals surface area contributed by atoms with Gasteiger partial charge in [0.25, 0.3) is 0 Å². The SMILES string of the molecule is O=C1C2=CC=C3SC=C[NH+]=C3C2C(=O)c2ccccc21. The zero-order valence-electron chi connectivity index (χ0n) is 10.4. The van der Waals surface area contributed by atoms with Crippen molar-refractivity contribution in [2.75, 3.05) is 0 Å². The fourth-order valence-corrected chi connectivity index (χ4v) is 3.56. The van der Waals surface area contributed by atoms with Crippen molar-refractivity contribution >= 4 is 29.0 Å². The number of Topliss-reactive ketones (excluding diaryl/α,β-unsaturated/α-hetero) is 2. The van der Waals surface area contributed by atoms with E-state index in [2.05, 4.69) is 4.99 Å². The third-order valence-electron chi connectivity index (χ3n) is 3.74. The number of fused-ring (bicyclic) bond motifs is 4. The highest BCUT2D eigenvalue weighted by Gasteiger charge is 2.45. The van der Waals surface area contributed by atoms with Gasteiger partial charge in [-0.15, -0.1) is 0 Å². The summed E-state index contributed by atoms with van der Waals surface area (Å²) < 4.78 is 0. The lowest BCUT2D eigenvalue weighted by Crippen LogP contribution is -2.70. The van der Waals surface area contributed by atoms with Crippen molar-refractivity contribution in [3.63, 3.8) is 0 Å². The maximum absolute atomic E-state index is 12.7. The Morgan fingerprint density at radius 2 is 1.85 bits per heavy atom. The predicted molar refractivity (Wildman–Crippen MR) is 77.5 cm³/mol. The van der Waals surface area contributed by atoms with Crippen LogP contribution in [0.15, 0.2) is 58.5 Å². The van der Waals surface area contributed by atoms with Crippen molar-refractivity contribution in [3.8, 4) is 0 Å². The molecule has 2 aliphatic carbocycles. The topological polar surface area (TPSA) is 48.1 Å². The summed E-state index contributed by atoms with van der Waals surface area (Å²) in [6.07, 6.45) is 5.49. The molecule has 4 heteroatoms. The fourth-order valence-electron chi connectivity index (χ4n) is 2.82. The van der Waals surface area contributed by atoms with Crippen LogP contribution in [-0.2, 0) is 0 Å². The van der Waals surface area contributed by atoms with Crippen LogP contribution in [0.2, 0.25) is 0 Å². The molecule has 0 saturated carbocycles. The molecule has 3 aliphatic rings. The van der Waals surface area contributed by atoms with E-state index in [1.807, 2.05) is 11.5 Å². The van der Waals surface area contributed by atoms with E-state index in [0.717, 1.165) is 10.6 Å². The van der Waals surface area contributed by atoms with Gasteiger partial charge in [-0.2, -0.15) is 0 Å². The van der Waals surface area contributed by atoms with Gasteiger partial charge in [-0.05, 0) is 6.08 Å². The standard InChI is InChI=1S/C16H9NO2S/c18-15-9-3-1-2-4-10(9)16(19)13-11(15)5-6-12-14(13)17-7-8-20-12/h1-8,13H/p+1. The van der Waals surface area contributed by atoms with Crippen LogP contribution in [-0.4, -0.2) is 17.3 Å². The number of allylic oxidation sites excluding steroid dienone is 4. The predicted octanol–water partition coefficient (Wildman–Crippen LogP) is 1.25. The first-order chi connectivity index (χ1) is 9.77. The first-order valence-corrected chi connectivity index (χ1v) is 7.20. The Kier molecular flexibility index (Phi) is 2.41. The molecule has 1 aliphatic heterocycles. The zero-order valence-corrected chi connectivity index (χ0v) is 11.2. The number of carbonyl (C=O) groups is 2. The summed E-state index contributed by atoms with van der Waals surface area (Å²) in [4.78, 5) is 29.4. The number of hydrogen-bond acceptors (Lipinski definition) is 3. The zero-order chi connectivity index (χ0) is 13.7. The summed E-state index contributed by atoms with van der Waals surface area (Å²) >= 11 is 1.56. The summed E-state index contributed by atoms with van der Waals surface area (Å²) in [7, 11) is 0. The van der Waals surface area contributed by atoms with Crippen molar-refractivity contribution in [1.29, 1.82) is 0 Å². The lowest BCUT2D eigenvalue weighted by atomic mass is 9.74. The lowest BCUT2D eigenvalue weighted by molar-refractivity contribution is -0.374. The Bertz CT molecular complexity index is 783.